The quantitative estimate of drug-likeness (QED) is 0.770. The summed E-state index contributed by atoms with van der Waals surface area (Å²) in [5.41, 5.74) is 0.215. The van der Waals surface area contributed by atoms with E-state index in [0.717, 1.165) is 12.8 Å². The van der Waals surface area contributed by atoms with Gasteiger partial charge in [0.05, 0.1) is 5.69 Å². The van der Waals surface area contributed by atoms with Gasteiger partial charge in [0.15, 0.2) is 0 Å². The maximum absolute atomic E-state index is 12.1. The summed E-state index contributed by atoms with van der Waals surface area (Å²) in [6.07, 6.45) is 1.83. The van der Waals surface area contributed by atoms with Crippen LogP contribution in [0.25, 0.3) is 0 Å². The number of hydrogen-bond acceptors (Lipinski definition) is 2. The van der Waals surface area contributed by atoms with Crippen molar-refractivity contribution in [2.24, 2.45) is 0 Å². The van der Waals surface area contributed by atoms with Crippen molar-refractivity contribution in [1.29, 1.82) is 0 Å². The van der Waals surface area contributed by atoms with Crippen LogP contribution in [0.5, 0.6) is 5.75 Å². The minimum absolute atomic E-state index is 0.0573. The fourth-order valence-electron chi connectivity index (χ4n) is 1.31. The first-order chi connectivity index (χ1) is 8.63. The Balaban J connectivity index is 2.57. The van der Waals surface area contributed by atoms with Crippen LogP contribution >= 0.6 is 0 Å². The van der Waals surface area contributed by atoms with Crippen LogP contribution in [0.4, 0.5) is 19.3 Å². The standard InChI is InChI=1S/C12H16F2N2O2/c1-2-3-8-15-12(17)16-9-6-4-5-7-10(9)18-11(13)14/h4-7,11H,2-3,8H2,1H3,(H2,15,16,17). The third-order valence-corrected chi connectivity index (χ3v) is 2.17. The van der Waals surface area contributed by atoms with E-state index in [1.165, 1.54) is 12.1 Å². The van der Waals surface area contributed by atoms with E-state index >= 15 is 0 Å². The van der Waals surface area contributed by atoms with Crippen molar-refractivity contribution in [3.63, 3.8) is 0 Å². The molecule has 0 radical (unpaired) electrons. The molecule has 4 nitrogen and oxygen atoms in total. The highest BCUT2D eigenvalue weighted by Crippen LogP contribution is 2.25. The number of urea groups is 1. The molecular formula is C12H16F2N2O2. The van der Waals surface area contributed by atoms with Gasteiger partial charge in [-0.2, -0.15) is 8.78 Å². The molecule has 0 fully saturated rings. The van der Waals surface area contributed by atoms with Crippen molar-refractivity contribution >= 4 is 11.7 Å². The zero-order valence-electron chi connectivity index (χ0n) is 10.1. The summed E-state index contributed by atoms with van der Waals surface area (Å²) in [6, 6.07) is 5.61. The lowest BCUT2D eigenvalue weighted by Gasteiger charge is -2.12. The molecule has 0 heterocycles. The minimum atomic E-state index is -2.92. The first-order valence-electron chi connectivity index (χ1n) is 5.72. The molecule has 6 heteroatoms. The Morgan fingerprint density at radius 1 is 1.39 bits per heavy atom. The van der Waals surface area contributed by atoms with Crippen LogP contribution in [0.1, 0.15) is 19.8 Å². The van der Waals surface area contributed by atoms with Gasteiger partial charge >= 0.3 is 12.6 Å². The molecule has 0 aliphatic carbocycles. The van der Waals surface area contributed by atoms with E-state index in [0.29, 0.717) is 6.54 Å². The Morgan fingerprint density at radius 3 is 2.78 bits per heavy atom. The maximum Gasteiger partial charge on any atom is 0.387 e. The molecule has 2 N–H and O–H groups in total. The molecule has 1 rings (SSSR count). The first kappa shape index (κ1) is 14.2. The van der Waals surface area contributed by atoms with Crippen LogP contribution in [0.2, 0.25) is 0 Å². The average molecular weight is 258 g/mol. The van der Waals surface area contributed by atoms with Gasteiger partial charge in [-0.15, -0.1) is 0 Å². The lowest BCUT2D eigenvalue weighted by atomic mass is 10.3. The Kier molecular flexibility index (Phi) is 5.90. The zero-order chi connectivity index (χ0) is 13.4. The number of nitrogens with one attached hydrogen (secondary N) is 2. The molecule has 0 aromatic heterocycles. The first-order valence-corrected chi connectivity index (χ1v) is 5.72. The molecule has 1 aromatic carbocycles. The lowest BCUT2D eigenvalue weighted by Crippen LogP contribution is -2.29. The molecule has 1 aromatic rings. The van der Waals surface area contributed by atoms with Crippen molar-refractivity contribution in [2.45, 2.75) is 26.4 Å². The van der Waals surface area contributed by atoms with Crippen molar-refractivity contribution in [2.75, 3.05) is 11.9 Å². The van der Waals surface area contributed by atoms with Crippen LogP contribution in [-0.4, -0.2) is 19.2 Å². The van der Waals surface area contributed by atoms with Crippen LogP contribution in [-0.2, 0) is 0 Å². The second-order valence-corrected chi connectivity index (χ2v) is 3.61. The van der Waals surface area contributed by atoms with E-state index in [9.17, 15) is 13.6 Å². The molecular weight excluding hydrogens is 242 g/mol. The molecule has 0 aliphatic heterocycles. The number of ether oxygens (including phenoxy) is 1. The molecule has 0 saturated carbocycles. The van der Waals surface area contributed by atoms with Crippen LogP contribution < -0.4 is 15.4 Å². The maximum atomic E-state index is 12.1. The number of unbranched alkanes of at least 4 members (excludes halogenated alkanes) is 1. The van der Waals surface area contributed by atoms with E-state index < -0.39 is 12.6 Å². The molecule has 18 heavy (non-hydrogen) atoms. The number of para-hydroxylation sites is 2. The van der Waals surface area contributed by atoms with Gasteiger partial charge in [0.2, 0.25) is 0 Å². The van der Waals surface area contributed by atoms with Crippen molar-refractivity contribution in [3.05, 3.63) is 24.3 Å². The number of carbonyl (C=O) groups excluding carboxylic acids is 1. The van der Waals surface area contributed by atoms with Crippen LogP contribution in [0.3, 0.4) is 0 Å². The third kappa shape index (κ3) is 4.99. The van der Waals surface area contributed by atoms with Gasteiger partial charge in [-0.1, -0.05) is 25.5 Å². The largest absolute Gasteiger partial charge is 0.433 e. The average Bonchev–Trinajstić information content (AvgIpc) is 2.31. The second-order valence-electron chi connectivity index (χ2n) is 3.61. The summed E-state index contributed by atoms with van der Waals surface area (Å²) in [6.45, 7) is -0.373. The number of alkyl halides is 2. The highest BCUT2D eigenvalue weighted by atomic mass is 19.3. The SMILES string of the molecule is CCCCNC(=O)Nc1ccccc1OC(F)F. The highest BCUT2D eigenvalue weighted by molar-refractivity contribution is 5.90. The topological polar surface area (TPSA) is 50.4 Å². The zero-order valence-corrected chi connectivity index (χ0v) is 10.1. The number of carbonyl (C=O) groups is 1. The Labute approximate surface area is 104 Å². The van der Waals surface area contributed by atoms with E-state index in [1.807, 2.05) is 6.92 Å². The van der Waals surface area contributed by atoms with Gasteiger partial charge in [-0.3, -0.25) is 0 Å². The Morgan fingerprint density at radius 2 is 2.11 bits per heavy atom. The van der Waals surface area contributed by atoms with Crippen molar-refractivity contribution < 1.29 is 18.3 Å². The van der Waals surface area contributed by atoms with Crippen molar-refractivity contribution in [3.8, 4) is 5.75 Å². The second kappa shape index (κ2) is 7.47. The predicted octanol–water partition coefficient (Wildman–Crippen LogP) is 3.21. The third-order valence-electron chi connectivity index (χ3n) is 2.17. The molecule has 0 saturated heterocycles. The summed E-state index contributed by atoms with van der Waals surface area (Å²) in [4.78, 5) is 11.5. The summed E-state index contributed by atoms with van der Waals surface area (Å²) in [5, 5.41) is 5.09. The highest BCUT2D eigenvalue weighted by Gasteiger charge is 2.10. The molecule has 100 valence electrons. The van der Waals surface area contributed by atoms with Crippen LogP contribution in [0, 0.1) is 0 Å². The monoisotopic (exact) mass is 258 g/mol. The summed E-state index contributed by atoms with van der Waals surface area (Å²) < 4.78 is 28.6. The summed E-state index contributed by atoms with van der Waals surface area (Å²) in [7, 11) is 0. The minimum Gasteiger partial charge on any atom is -0.433 e. The molecule has 0 spiro atoms. The van der Waals surface area contributed by atoms with Gasteiger partial charge in [0.1, 0.15) is 5.75 Å². The van der Waals surface area contributed by atoms with E-state index in [4.69, 9.17) is 0 Å². The summed E-state index contributed by atoms with van der Waals surface area (Å²) >= 11 is 0. The fourth-order valence-corrected chi connectivity index (χ4v) is 1.31. The number of hydrogen-bond donors (Lipinski definition) is 2. The predicted molar refractivity (Wildman–Crippen MR) is 65.0 cm³/mol. The van der Waals surface area contributed by atoms with Gasteiger partial charge < -0.3 is 15.4 Å². The van der Waals surface area contributed by atoms with Gasteiger partial charge in [0, 0.05) is 6.54 Å². The molecule has 0 unspecified atom stereocenters. The summed E-state index contributed by atoms with van der Waals surface area (Å²) in [5.74, 6) is -0.0573. The van der Waals surface area contributed by atoms with Gasteiger partial charge in [0.25, 0.3) is 0 Å². The number of benzene rings is 1. The Bertz CT molecular complexity index is 386. The number of amides is 2. The molecule has 0 atom stereocenters. The van der Waals surface area contributed by atoms with Gasteiger partial charge in [-0.25, -0.2) is 4.79 Å². The smallest absolute Gasteiger partial charge is 0.387 e. The van der Waals surface area contributed by atoms with E-state index in [-0.39, 0.29) is 11.4 Å². The molecule has 2 amide bonds. The van der Waals surface area contributed by atoms with E-state index in [1.54, 1.807) is 12.1 Å². The normalized spacial score (nSPS) is 10.2. The van der Waals surface area contributed by atoms with Gasteiger partial charge in [-0.05, 0) is 18.6 Å². The number of halogens is 2. The Hall–Kier alpha value is -1.85. The number of rotatable bonds is 6. The van der Waals surface area contributed by atoms with Crippen molar-refractivity contribution in [1.82, 2.24) is 5.32 Å². The lowest BCUT2D eigenvalue weighted by molar-refractivity contribution is -0.0493. The molecule has 0 bridgehead atoms. The fraction of sp³-hybridized carbons (Fsp3) is 0.417. The van der Waals surface area contributed by atoms with Crippen LogP contribution in [0.15, 0.2) is 24.3 Å². The molecule has 0 aliphatic rings. The van der Waals surface area contributed by atoms with E-state index in [2.05, 4.69) is 15.4 Å². The number of anilines is 1.